The van der Waals surface area contributed by atoms with Crippen LogP contribution in [0.15, 0.2) is 200 Å². The molecule has 11 aromatic rings. The summed E-state index contributed by atoms with van der Waals surface area (Å²) in [6, 6.07) is 71.0. The average molecular weight is 712 g/mol. The lowest BCUT2D eigenvalue weighted by Crippen LogP contribution is -1.92. The molecule has 0 bridgehead atoms. The minimum atomic E-state index is 0.911. The summed E-state index contributed by atoms with van der Waals surface area (Å²) < 4.78 is 0. The minimum absolute atomic E-state index is 0.911. The fourth-order valence-corrected chi connectivity index (χ4v) is 8.28. The van der Waals surface area contributed by atoms with Crippen LogP contribution in [-0.2, 0) is 0 Å². The zero-order valence-electron chi connectivity index (χ0n) is 30.4. The number of fused-ring (bicyclic) bond motifs is 7. The SMILES string of the molecule is c1ccc(-c2cc(-c3ccc(-c4ccc(-c5ccc6ccc7ccc(-c8ccccc8)nc7c6n5)c5ccccc45)cc3)c3c(ccc4ccccc43)n2)cc1. The predicted molar refractivity (Wildman–Crippen MR) is 235 cm³/mol. The van der Waals surface area contributed by atoms with E-state index in [2.05, 4.69) is 188 Å². The molecule has 0 aliphatic heterocycles. The maximum atomic E-state index is 5.31. The summed E-state index contributed by atoms with van der Waals surface area (Å²) in [7, 11) is 0. The summed E-state index contributed by atoms with van der Waals surface area (Å²) in [5, 5.41) is 8.10. The summed E-state index contributed by atoms with van der Waals surface area (Å²) in [4.78, 5) is 15.6. The first kappa shape index (κ1) is 32.0. The Morgan fingerprint density at radius 3 is 1.46 bits per heavy atom. The van der Waals surface area contributed by atoms with Gasteiger partial charge in [0.2, 0.25) is 0 Å². The standard InChI is InChI=1S/C53H33N3/c1-3-12-37(13-4-1)47-30-26-39-23-24-40-27-31-48(56-53(40)52(39)55-47)45-29-28-41(43-17-9-10-18-44(43)45)35-19-21-36(22-20-35)46-33-50(38-14-5-2-6-15-38)54-49-32-25-34-11-7-8-16-42(34)51(46)49/h1-33H. The largest absolute Gasteiger partial charge is 0.248 e. The molecular weight excluding hydrogens is 679 g/mol. The van der Waals surface area contributed by atoms with Crippen LogP contribution in [0, 0.1) is 0 Å². The third-order valence-electron chi connectivity index (χ3n) is 11.1. The van der Waals surface area contributed by atoms with Gasteiger partial charge in [0.25, 0.3) is 0 Å². The number of aromatic nitrogens is 3. The molecule has 0 spiro atoms. The van der Waals surface area contributed by atoms with Crippen molar-refractivity contribution < 1.29 is 0 Å². The summed E-state index contributed by atoms with van der Waals surface area (Å²) in [5.74, 6) is 0. The van der Waals surface area contributed by atoms with Crippen LogP contribution in [-0.4, -0.2) is 15.0 Å². The van der Waals surface area contributed by atoms with Gasteiger partial charge in [-0.3, -0.25) is 0 Å². The highest BCUT2D eigenvalue weighted by atomic mass is 14.8. The van der Waals surface area contributed by atoms with Crippen molar-refractivity contribution in [1.82, 2.24) is 15.0 Å². The second kappa shape index (κ2) is 13.1. The lowest BCUT2D eigenvalue weighted by Gasteiger charge is -2.15. The van der Waals surface area contributed by atoms with Crippen molar-refractivity contribution in [2.24, 2.45) is 0 Å². The maximum Gasteiger partial charge on any atom is 0.0972 e. The molecule has 0 atom stereocenters. The number of nitrogens with zero attached hydrogens (tertiary/aromatic N) is 3. The van der Waals surface area contributed by atoms with E-state index in [4.69, 9.17) is 15.0 Å². The molecule has 0 N–H and O–H groups in total. The van der Waals surface area contributed by atoms with Crippen LogP contribution in [0.2, 0.25) is 0 Å². The van der Waals surface area contributed by atoms with Crippen molar-refractivity contribution in [3.05, 3.63) is 200 Å². The van der Waals surface area contributed by atoms with Gasteiger partial charge in [-0.15, -0.1) is 0 Å². The lowest BCUT2D eigenvalue weighted by molar-refractivity contribution is 1.37. The molecule has 3 nitrogen and oxygen atoms in total. The second-order valence-corrected chi connectivity index (χ2v) is 14.4. The Morgan fingerprint density at radius 1 is 0.268 bits per heavy atom. The first-order valence-corrected chi connectivity index (χ1v) is 19.0. The van der Waals surface area contributed by atoms with Crippen molar-refractivity contribution in [3.8, 4) is 56.0 Å². The molecule has 0 saturated carbocycles. The van der Waals surface area contributed by atoms with Crippen LogP contribution >= 0.6 is 0 Å². The molecule has 56 heavy (non-hydrogen) atoms. The van der Waals surface area contributed by atoms with E-state index >= 15 is 0 Å². The number of benzene rings is 8. The summed E-state index contributed by atoms with van der Waals surface area (Å²) in [5.41, 5.74) is 13.7. The maximum absolute atomic E-state index is 5.31. The van der Waals surface area contributed by atoms with Crippen LogP contribution in [0.3, 0.4) is 0 Å². The molecule has 0 fully saturated rings. The topological polar surface area (TPSA) is 38.7 Å². The average Bonchev–Trinajstić information content (AvgIpc) is 3.28. The smallest absolute Gasteiger partial charge is 0.0972 e. The molecule has 0 aliphatic rings. The number of pyridine rings is 3. The Balaban J connectivity index is 1.02. The molecule has 8 aromatic carbocycles. The van der Waals surface area contributed by atoms with Gasteiger partial charge in [0.15, 0.2) is 0 Å². The van der Waals surface area contributed by atoms with E-state index in [1.807, 2.05) is 12.1 Å². The third-order valence-corrected chi connectivity index (χ3v) is 11.1. The minimum Gasteiger partial charge on any atom is -0.248 e. The first-order chi connectivity index (χ1) is 27.7. The second-order valence-electron chi connectivity index (χ2n) is 14.4. The molecule has 0 unspecified atom stereocenters. The highest BCUT2D eigenvalue weighted by Gasteiger charge is 2.16. The van der Waals surface area contributed by atoms with E-state index in [1.165, 1.54) is 32.7 Å². The first-order valence-electron chi connectivity index (χ1n) is 19.0. The highest BCUT2D eigenvalue weighted by molar-refractivity contribution is 6.14. The third kappa shape index (κ3) is 5.40. The Hall–Kier alpha value is -7.49. The van der Waals surface area contributed by atoms with Gasteiger partial charge in [-0.2, -0.15) is 0 Å². The molecule has 3 aromatic heterocycles. The Labute approximate surface area is 324 Å². The Morgan fingerprint density at radius 2 is 0.768 bits per heavy atom. The summed E-state index contributed by atoms with van der Waals surface area (Å²) in [6.45, 7) is 0. The van der Waals surface area contributed by atoms with Gasteiger partial charge in [0, 0.05) is 32.8 Å². The Bertz CT molecular complexity index is 3280. The van der Waals surface area contributed by atoms with Crippen LogP contribution in [0.4, 0.5) is 0 Å². The number of hydrogen-bond donors (Lipinski definition) is 0. The van der Waals surface area contributed by atoms with E-state index in [0.717, 1.165) is 77.6 Å². The zero-order valence-corrected chi connectivity index (χ0v) is 30.4. The van der Waals surface area contributed by atoms with Crippen LogP contribution in [0.25, 0.3) is 110 Å². The molecule has 0 radical (unpaired) electrons. The van der Waals surface area contributed by atoms with Crippen molar-refractivity contribution >= 4 is 54.3 Å². The number of rotatable bonds is 5. The van der Waals surface area contributed by atoms with Crippen molar-refractivity contribution in [3.63, 3.8) is 0 Å². The highest BCUT2D eigenvalue weighted by Crippen LogP contribution is 2.40. The van der Waals surface area contributed by atoms with Gasteiger partial charge < -0.3 is 0 Å². The fraction of sp³-hybridized carbons (Fsp3) is 0. The van der Waals surface area contributed by atoms with Gasteiger partial charge in [-0.05, 0) is 68.1 Å². The van der Waals surface area contributed by atoms with Crippen molar-refractivity contribution in [2.75, 3.05) is 0 Å². The zero-order chi connectivity index (χ0) is 37.0. The Kier molecular flexibility index (Phi) is 7.49. The monoisotopic (exact) mass is 711 g/mol. The van der Waals surface area contributed by atoms with Gasteiger partial charge >= 0.3 is 0 Å². The summed E-state index contributed by atoms with van der Waals surface area (Å²) >= 11 is 0. The van der Waals surface area contributed by atoms with Gasteiger partial charge in [-0.1, -0.05) is 176 Å². The molecule has 0 saturated heterocycles. The van der Waals surface area contributed by atoms with Crippen LogP contribution in [0.1, 0.15) is 0 Å². The molecule has 3 heteroatoms. The van der Waals surface area contributed by atoms with Crippen LogP contribution in [0.5, 0.6) is 0 Å². The number of hydrogen-bond acceptors (Lipinski definition) is 3. The quantitative estimate of drug-likeness (QED) is 0.167. The van der Waals surface area contributed by atoms with E-state index in [-0.39, 0.29) is 0 Å². The van der Waals surface area contributed by atoms with Gasteiger partial charge in [-0.25, -0.2) is 15.0 Å². The van der Waals surface area contributed by atoms with Crippen molar-refractivity contribution in [2.45, 2.75) is 0 Å². The molecule has 0 aliphatic carbocycles. The lowest BCUT2D eigenvalue weighted by atomic mass is 9.91. The molecule has 11 rings (SSSR count). The van der Waals surface area contributed by atoms with Gasteiger partial charge in [0.1, 0.15) is 0 Å². The predicted octanol–water partition coefficient (Wildman–Crippen LogP) is 14.0. The van der Waals surface area contributed by atoms with Gasteiger partial charge in [0.05, 0.1) is 33.6 Å². The molecule has 3 heterocycles. The van der Waals surface area contributed by atoms with Crippen LogP contribution < -0.4 is 0 Å². The van der Waals surface area contributed by atoms with E-state index in [0.29, 0.717) is 0 Å². The molecule has 0 amide bonds. The van der Waals surface area contributed by atoms with E-state index in [1.54, 1.807) is 0 Å². The normalized spacial score (nSPS) is 11.6. The van der Waals surface area contributed by atoms with Crippen molar-refractivity contribution in [1.29, 1.82) is 0 Å². The summed E-state index contributed by atoms with van der Waals surface area (Å²) in [6.07, 6.45) is 0. The molecule has 260 valence electrons. The molecular formula is C53H33N3. The van der Waals surface area contributed by atoms with E-state index in [9.17, 15) is 0 Å². The fourth-order valence-electron chi connectivity index (χ4n) is 8.28. The van der Waals surface area contributed by atoms with E-state index < -0.39 is 0 Å².